The summed E-state index contributed by atoms with van der Waals surface area (Å²) < 4.78 is 5.41. The number of hydrogen-bond acceptors (Lipinski definition) is 5. The Labute approximate surface area is 136 Å². The zero-order valence-corrected chi connectivity index (χ0v) is 14.9. The molecule has 1 fully saturated rings. The molecule has 5 nitrogen and oxygen atoms in total. The van der Waals surface area contributed by atoms with Crippen LogP contribution in [-0.2, 0) is 4.74 Å². The molecule has 1 saturated heterocycles. The van der Waals surface area contributed by atoms with Gasteiger partial charge in [0.15, 0.2) is 0 Å². The Bertz CT molecular complexity index is 526. The van der Waals surface area contributed by atoms with Crippen molar-refractivity contribution in [2.24, 2.45) is 0 Å². The fraction of sp³-hybridized carbons (Fsp3) is 0.750. The first-order valence-electron chi connectivity index (χ1n) is 7.80. The lowest BCUT2D eigenvalue weighted by molar-refractivity contribution is 0.0205. The van der Waals surface area contributed by atoms with Crippen molar-refractivity contribution in [2.45, 2.75) is 65.1 Å². The second kappa shape index (κ2) is 6.54. The standard InChI is InChI=1S/C16H26N2O3S/c1-10(19)13-11(2)22-14(17-13)12-6-8-18(9-7-12)15(20)21-16(3,4)5/h10,12,19H,6-9H2,1-5H3. The highest BCUT2D eigenvalue weighted by atomic mass is 32.1. The summed E-state index contributed by atoms with van der Waals surface area (Å²) in [5, 5.41) is 10.8. The number of nitrogens with zero attached hydrogens (tertiary/aromatic N) is 2. The minimum absolute atomic E-state index is 0.231. The maximum Gasteiger partial charge on any atom is 0.410 e. The van der Waals surface area contributed by atoms with Gasteiger partial charge in [-0.25, -0.2) is 9.78 Å². The largest absolute Gasteiger partial charge is 0.444 e. The van der Waals surface area contributed by atoms with Crippen molar-refractivity contribution in [2.75, 3.05) is 13.1 Å². The van der Waals surface area contributed by atoms with Gasteiger partial charge < -0.3 is 14.7 Å². The molecule has 1 aromatic rings. The first kappa shape index (κ1) is 17.2. The van der Waals surface area contributed by atoms with E-state index in [1.807, 2.05) is 27.7 Å². The molecule has 1 amide bonds. The number of piperidine rings is 1. The Morgan fingerprint density at radius 3 is 2.45 bits per heavy atom. The van der Waals surface area contributed by atoms with Gasteiger partial charge in [-0.05, 0) is 47.5 Å². The van der Waals surface area contributed by atoms with Gasteiger partial charge in [0, 0.05) is 23.9 Å². The first-order chi connectivity index (χ1) is 10.2. The maximum atomic E-state index is 12.1. The van der Waals surface area contributed by atoms with Crippen LogP contribution in [0, 0.1) is 6.92 Å². The Kier molecular flexibility index (Phi) is 5.12. The van der Waals surface area contributed by atoms with E-state index in [2.05, 4.69) is 4.98 Å². The zero-order valence-electron chi connectivity index (χ0n) is 14.0. The highest BCUT2D eigenvalue weighted by molar-refractivity contribution is 7.11. The van der Waals surface area contributed by atoms with Crippen molar-refractivity contribution in [1.29, 1.82) is 0 Å². The summed E-state index contributed by atoms with van der Waals surface area (Å²) in [5.74, 6) is 0.370. The number of likely N-dealkylation sites (tertiary alicyclic amines) is 1. The second-order valence-electron chi connectivity index (χ2n) is 6.91. The average molecular weight is 326 g/mol. The Morgan fingerprint density at radius 2 is 2.00 bits per heavy atom. The Hall–Kier alpha value is -1.14. The summed E-state index contributed by atoms with van der Waals surface area (Å²) in [5.41, 5.74) is 0.335. The lowest BCUT2D eigenvalue weighted by Crippen LogP contribution is -2.41. The summed E-state index contributed by atoms with van der Waals surface area (Å²) in [6.07, 6.45) is 1.04. The molecule has 0 spiro atoms. The van der Waals surface area contributed by atoms with Crippen LogP contribution in [0.1, 0.15) is 68.1 Å². The summed E-state index contributed by atoms with van der Waals surface area (Å²) in [4.78, 5) is 19.5. The number of ether oxygens (including phenoxy) is 1. The first-order valence-corrected chi connectivity index (χ1v) is 8.62. The third-order valence-electron chi connectivity index (χ3n) is 3.74. The van der Waals surface area contributed by atoms with Crippen LogP contribution in [0.3, 0.4) is 0 Å². The van der Waals surface area contributed by atoms with E-state index in [0.29, 0.717) is 19.0 Å². The maximum absolute atomic E-state index is 12.1. The molecule has 124 valence electrons. The predicted octanol–water partition coefficient (Wildman–Crippen LogP) is 3.62. The van der Waals surface area contributed by atoms with Gasteiger partial charge in [0.25, 0.3) is 0 Å². The normalized spacial score (nSPS) is 18.4. The van der Waals surface area contributed by atoms with Gasteiger partial charge in [-0.15, -0.1) is 11.3 Å². The molecule has 22 heavy (non-hydrogen) atoms. The molecule has 0 bridgehead atoms. The van der Waals surface area contributed by atoms with Gasteiger partial charge in [0.2, 0.25) is 0 Å². The van der Waals surface area contributed by atoms with Crippen LogP contribution in [0.4, 0.5) is 4.79 Å². The van der Waals surface area contributed by atoms with Gasteiger partial charge in [-0.2, -0.15) is 0 Å². The number of aliphatic hydroxyl groups excluding tert-OH is 1. The predicted molar refractivity (Wildman–Crippen MR) is 87.3 cm³/mol. The molecule has 1 N–H and O–H groups in total. The highest BCUT2D eigenvalue weighted by Gasteiger charge is 2.29. The minimum Gasteiger partial charge on any atom is -0.444 e. The van der Waals surface area contributed by atoms with E-state index in [9.17, 15) is 9.90 Å². The number of rotatable bonds is 2. The topological polar surface area (TPSA) is 62.7 Å². The molecule has 0 aromatic carbocycles. The van der Waals surface area contributed by atoms with Crippen molar-refractivity contribution in [3.8, 4) is 0 Å². The molecule has 1 aromatic heterocycles. The van der Waals surface area contributed by atoms with Gasteiger partial charge in [-0.3, -0.25) is 0 Å². The van der Waals surface area contributed by atoms with Crippen molar-refractivity contribution in [1.82, 2.24) is 9.88 Å². The van der Waals surface area contributed by atoms with Crippen LogP contribution >= 0.6 is 11.3 Å². The number of aryl methyl sites for hydroxylation is 1. The van der Waals surface area contributed by atoms with Crippen LogP contribution in [0.5, 0.6) is 0 Å². The summed E-state index contributed by atoms with van der Waals surface area (Å²) in [6.45, 7) is 10.8. The number of carbonyl (C=O) groups excluding carboxylic acids is 1. The van der Waals surface area contributed by atoms with E-state index in [4.69, 9.17) is 4.74 Å². The van der Waals surface area contributed by atoms with Crippen LogP contribution < -0.4 is 0 Å². The fourth-order valence-corrected chi connectivity index (χ4v) is 3.81. The van der Waals surface area contributed by atoms with Gasteiger partial charge in [-0.1, -0.05) is 0 Å². The number of hydrogen-bond donors (Lipinski definition) is 1. The molecule has 2 heterocycles. The smallest absolute Gasteiger partial charge is 0.410 e. The summed E-state index contributed by atoms with van der Waals surface area (Å²) >= 11 is 1.66. The number of aliphatic hydroxyl groups is 1. The van der Waals surface area contributed by atoms with E-state index in [1.165, 1.54) is 0 Å². The molecule has 0 saturated carbocycles. The molecule has 2 rings (SSSR count). The third-order valence-corrected chi connectivity index (χ3v) is 4.89. The fourth-order valence-electron chi connectivity index (χ4n) is 2.63. The molecule has 0 aliphatic carbocycles. The lowest BCUT2D eigenvalue weighted by atomic mass is 9.98. The van der Waals surface area contributed by atoms with Crippen molar-refractivity contribution >= 4 is 17.4 Å². The quantitative estimate of drug-likeness (QED) is 0.901. The lowest BCUT2D eigenvalue weighted by Gasteiger charge is -2.32. The number of thiazole rings is 1. The van der Waals surface area contributed by atoms with E-state index < -0.39 is 11.7 Å². The second-order valence-corrected chi connectivity index (χ2v) is 8.15. The SMILES string of the molecule is Cc1sc(C2CCN(C(=O)OC(C)(C)C)CC2)nc1C(C)O. The van der Waals surface area contributed by atoms with Crippen molar-refractivity contribution < 1.29 is 14.6 Å². The number of aromatic nitrogens is 1. The van der Waals surface area contributed by atoms with Crippen LogP contribution in [0.25, 0.3) is 0 Å². The van der Waals surface area contributed by atoms with Crippen LogP contribution in [-0.4, -0.2) is 39.8 Å². The molecular formula is C16H26N2O3S. The van der Waals surface area contributed by atoms with E-state index in [1.54, 1.807) is 23.2 Å². The average Bonchev–Trinajstić information content (AvgIpc) is 2.79. The molecule has 1 aliphatic rings. The molecular weight excluding hydrogens is 300 g/mol. The molecule has 6 heteroatoms. The van der Waals surface area contributed by atoms with Crippen molar-refractivity contribution in [3.63, 3.8) is 0 Å². The van der Waals surface area contributed by atoms with Crippen LogP contribution in [0.2, 0.25) is 0 Å². The van der Waals surface area contributed by atoms with Crippen molar-refractivity contribution in [3.05, 3.63) is 15.6 Å². The monoisotopic (exact) mass is 326 g/mol. The number of carbonyl (C=O) groups is 1. The molecule has 1 unspecified atom stereocenters. The van der Waals surface area contributed by atoms with E-state index >= 15 is 0 Å². The molecule has 1 aliphatic heterocycles. The van der Waals surface area contributed by atoms with E-state index in [0.717, 1.165) is 28.4 Å². The van der Waals surface area contributed by atoms with Crippen LogP contribution in [0.15, 0.2) is 0 Å². The zero-order chi connectivity index (χ0) is 16.5. The van der Waals surface area contributed by atoms with Gasteiger partial charge in [0.1, 0.15) is 5.60 Å². The Morgan fingerprint density at radius 1 is 1.41 bits per heavy atom. The summed E-state index contributed by atoms with van der Waals surface area (Å²) in [7, 11) is 0. The summed E-state index contributed by atoms with van der Waals surface area (Å²) in [6, 6.07) is 0. The molecule has 1 atom stereocenters. The van der Waals surface area contributed by atoms with Gasteiger partial charge >= 0.3 is 6.09 Å². The molecule has 0 radical (unpaired) electrons. The Balaban J connectivity index is 1.95. The third kappa shape index (κ3) is 4.20. The minimum atomic E-state index is -0.521. The number of amides is 1. The highest BCUT2D eigenvalue weighted by Crippen LogP contribution is 2.34. The van der Waals surface area contributed by atoms with E-state index in [-0.39, 0.29) is 6.09 Å². The van der Waals surface area contributed by atoms with Gasteiger partial charge in [0.05, 0.1) is 16.8 Å².